The monoisotopic (exact) mass is 410 g/mol. The number of amides is 1. The first-order valence-corrected chi connectivity index (χ1v) is 9.93. The Hall–Kier alpha value is -3.17. The number of hydrogen-bond donors (Lipinski definition) is 3. The zero-order valence-corrected chi connectivity index (χ0v) is 17.2. The molecule has 0 aliphatic carbocycles. The summed E-state index contributed by atoms with van der Waals surface area (Å²) in [6.07, 6.45) is 1.42. The molecule has 150 valence electrons. The van der Waals surface area contributed by atoms with Crippen LogP contribution in [0.3, 0.4) is 0 Å². The van der Waals surface area contributed by atoms with Gasteiger partial charge in [0.15, 0.2) is 5.82 Å². The smallest absolute Gasteiger partial charge is 0.234 e. The summed E-state index contributed by atoms with van der Waals surface area (Å²) < 4.78 is 8.39. The minimum atomic E-state index is -0.459. The van der Waals surface area contributed by atoms with Crippen molar-refractivity contribution < 1.29 is 9.53 Å². The maximum atomic E-state index is 11.3. The number of aryl methyl sites for hydroxylation is 1. The standard InChI is InChI=1S/C20H22N6O2S/c1-10-4-12-6-16(29-18(12)15(5-10)28-3)14-7-13(8-23-11(2)20(22)27)26-17(14)19(21)24-9-25-26/h4-7,9,11,23H,8H2,1-3H3,(H2,22,27)(H2,21,24,25). The van der Waals surface area contributed by atoms with Crippen molar-refractivity contribution in [3.63, 3.8) is 0 Å². The molecule has 0 spiro atoms. The molecule has 0 bridgehead atoms. The maximum absolute atomic E-state index is 11.3. The fourth-order valence-electron chi connectivity index (χ4n) is 3.35. The number of hydrogen-bond acceptors (Lipinski definition) is 7. The Labute approximate surface area is 171 Å². The van der Waals surface area contributed by atoms with Gasteiger partial charge in [0.05, 0.1) is 23.5 Å². The molecule has 8 nitrogen and oxygen atoms in total. The summed E-state index contributed by atoms with van der Waals surface area (Å²) in [5, 5.41) is 8.59. The van der Waals surface area contributed by atoms with Crippen LogP contribution in [0.4, 0.5) is 5.82 Å². The van der Waals surface area contributed by atoms with Gasteiger partial charge in [-0.05, 0) is 43.0 Å². The van der Waals surface area contributed by atoms with Crippen LogP contribution in [-0.2, 0) is 11.3 Å². The molecule has 0 aliphatic rings. The minimum absolute atomic E-state index is 0.393. The molecule has 0 fully saturated rings. The lowest BCUT2D eigenvalue weighted by atomic mass is 10.1. The quantitative estimate of drug-likeness (QED) is 0.449. The fraction of sp³-hybridized carbons (Fsp3) is 0.250. The van der Waals surface area contributed by atoms with Gasteiger partial charge < -0.3 is 21.5 Å². The van der Waals surface area contributed by atoms with Crippen LogP contribution in [0.1, 0.15) is 18.2 Å². The molecule has 4 rings (SSSR count). The largest absolute Gasteiger partial charge is 0.495 e. The number of anilines is 1. The molecule has 1 unspecified atom stereocenters. The van der Waals surface area contributed by atoms with Gasteiger partial charge in [0.25, 0.3) is 0 Å². The van der Waals surface area contributed by atoms with Crippen LogP contribution >= 0.6 is 11.3 Å². The highest BCUT2D eigenvalue weighted by Gasteiger charge is 2.19. The number of methoxy groups -OCH3 is 1. The van der Waals surface area contributed by atoms with Crippen molar-refractivity contribution in [2.45, 2.75) is 26.4 Å². The number of primary amides is 1. The van der Waals surface area contributed by atoms with E-state index in [1.54, 1.807) is 29.9 Å². The number of carbonyl (C=O) groups is 1. The van der Waals surface area contributed by atoms with Crippen LogP contribution in [-0.4, -0.2) is 33.7 Å². The minimum Gasteiger partial charge on any atom is -0.495 e. The topological polar surface area (TPSA) is 121 Å². The molecular formula is C20H22N6O2S. The number of nitrogens with zero attached hydrogens (tertiary/aromatic N) is 3. The van der Waals surface area contributed by atoms with E-state index in [9.17, 15) is 4.79 Å². The van der Waals surface area contributed by atoms with Gasteiger partial charge in [0, 0.05) is 17.0 Å². The van der Waals surface area contributed by atoms with Crippen LogP contribution < -0.4 is 21.5 Å². The highest BCUT2D eigenvalue weighted by molar-refractivity contribution is 7.22. The summed E-state index contributed by atoms with van der Waals surface area (Å²) in [5.74, 6) is 0.832. The Balaban J connectivity index is 1.86. The summed E-state index contributed by atoms with van der Waals surface area (Å²) in [7, 11) is 1.68. The number of rotatable bonds is 6. The van der Waals surface area contributed by atoms with Gasteiger partial charge in [0.1, 0.15) is 17.6 Å². The molecule has 1 atom stereocenters. The van der Waals surface area contributed by atoms with Gasteiger partial charge >= 0.3 is 0 Å². The van der Waals surface area contributed by atoms with Crippen LogP contribution in [0.15, 0.2) is 30.6 Å². The third kappa shape index (κ3) is 3.39. The summed E-state index contributed by atoms with van der Waals surface area (Å²) in [5.41, 5.74) is 15.2. The fourth-order valence-corrected chi connectivity index (χ4v) is 4.50. The van der Waals surface area contributed by atoms with Gasteiger partial charge in [0.2, 0.25) is 5.91 Å². The van der Waals surface area contributed by atoms with Crippen molar-refractivity contribution in [1.82, 2.24) is 19.9 Å². The number of ether oxygens (including phenoxy) is 1. The Morgan fingerprint density at radius 2 is 2.14 bits per heavy atom. The summed E-state index contributed by atoms with van der Waals surface area (Å²) in [4.78, 5) is 16.6. The summed E-state index contributed by atoms with van der Waals surface area (Å²) in [6, 6.07) is 7.84. The molecule has 1 aromatic carbocycles. The molecule has 1 amide bonds. The van der Waals surface area contributed by atoms with Gasteiger partial charge in [-0.2, -0.15) is 5.10 Å². The number of aromatic nitrogens is 3. The van der Waals surface area contributed by atoms with E-state index in [-0.39, 0.29) is 0 Å². The average Bonchev–Trinajstić information content (AvgIpc) is 3.27. The van der Waals surface area contributed by atoms with Gasteiger partial charge in [-0.15, -0.1) is 11.3 Å². The van der Waals surface area contributed by atoms with Crippen molar-refractivity contribution in [1.29, 1.82) is 0 Å². The molecule has 0 radical (unpaired) electrons. The maximum Gasteiger partial charge on any atom is 0.234 e. The second-order valence-corrected chi connectivity index (χ2v) is 8.01. The zero-order chi connectivity index (χ0) is 20.7. The van der Waals surface area contributed by atoms with Gasteiger partial charge in [-0.3, -0.25) is 4.79 Å². The van der Waals surface area contributed by atoms with Gasteiger partial charge in [-0.25, -0.2) is 9.50 Å². The van der Waals surface area contributed by atoms with Crippen molar-refractivity contribution in [3.8, 4) is 16.2 Å². The highest BCUT2D eigenvalue weighted by Crippen LogP contribution is 2.42. The summed E-state index contributed by atoms with van der Waals surface area (Å²) in [6.45, 7) is 4.18. The van der Waals surface area contributed by atoms with Crippen molar-refractivity contribution in [2.75, 3.05) is 12.8 Å². The van der Waals surface area contributed by atoms with Crippen molar-refractivity contribution in [2.24, 2.45) is 5.73 Å². The first-order valence-electron chi connectivity index (χ1n) is 9.11. The first-order chi connectivity index (χ1) is 13.9. The molecule has 3 heterocycles. The normalized spacial score (nSPS) is 12.5. The lowest BCUT2D eigenvalue weighted by Gasteiger charge is -2.09. The van der Waals surface area contributed by atoms with Crippen LogP contribution in [0.5, 0.6) is 5.75 Å². The molecule has 0 saturated carbocycles. The number of nitrogens with one attached hydrogen (secondary N) is 1. The highest BCUT2D eigenvalue weighted by atomic mass is 32.1. The SMILES string of the molecule is COc1cc(C)cc2cc(-c3cc(CNC(C)C(N)=O)n4ncnc(N)c34)sc12. The van der Waals surface area contributed by atoms with Crippen LogP contribution in [0, 0.1) is 6.92 Å². The number of nitrogen functional groups attached to an aromatic ring is 1. The van der Waals surface area contributed by atoms with E-state index in [4.69, 9.17) is 16.2 Å². The third-order valence-electron chi connectivity index (χ3n) is 4.88. The van der Waals surface area contributed by atoms with Crippen molar-refractivity contribution >= 4 is 38.7 Å². The van der Waals surface area contributed by atoms with E-state index in [0.29, 0.717) is 12.4 Å². The molecule has 9 heteroatoms. The van der Waals surface area contributed by atoms with E-state index >= 15 is 0 Å². The van der Waals surface area contributed by atoms with Gasteiger partial charge in [-0.1, -0.05) is 6.07 Å². The molecule has 29 heavy (non-hydrogen) atoms. The predicted octanol–water partition coefficient (Wildman–Crippen LogP) is 2.47. The molecule has 5 N–H and O–H groups in total. The summed E-state index contributed by atoms with van der Waals surface area (Å²) >= 11 is 1.63. The number of thiophene rings is 1. The van der Waals surface area contributed by atoms with E-state index in [1.807, 2.05) is 19.1 Å². The lowest BCUT2D eigenvalue weighted by Crippen LogP contribution is -2.38. The molecular weight excluding hydrogens is 388 g/mol. The van der Waals surface area contributed by atoms with E-state index in [0.717, 1.165) is 43.1 Å². The number of benzene rings is 1. The average molecular weight is 411 g/mol. The Bertz CT molecular complexity index is 1230. The van der Waals surface area contributed by atoms with E-state index in [1.165, 1.54) is 6.33 Å². The van der Waals surface area contributed by atoms with Crippen LogP contribution in [0.25, 0.3) is 26.0 Å². The first kappa shape index (κ1) is 19.2. The predicted molar refractivity (Wildman–Crippen MR) is 115 cm³/mol. The number of nitrogens with two attached hydrogens (primary N) is 2. The lowest BCUT2D eigenvalue weighted by molar-refractivity contribution is -0.119. The Morgan fingerprint density at radius 3 is 2.86 bits per heavy atom. The number of fused-ring (bicyclic) bond motifs is 2. The second-order valence-electron chi connectivity index (χ2n) is 6.96. The molecule has 3 aromatic heterocycles. The second kappa shape index (κ2) is 7.34. The van der Waals surface area contributed by atoms with E-state index in [2.05, 4.69) is 27.5 Å². The Kier molecular flexibility index (Phi) is 4.85. The molecule has 0 aliphatic heterocycles. The number of carbonyl (C=O) groups excluding carboxylic acids is 1. The molecule has 4 aromatic rings. The third-order valence-corrected chi connectivity index (χ3v) is 6.08. The van der Waals surface area contributed by atoms with Crippen LogP contribution in [0.2, 0.25) is 0 Å². The zero-order valence-electron chi connectivity index (χ0n) is 16.4. The molecule has 0 saturated heterocycles. The Morgan fingerprint density at radius 1 is 1.34 bits per heavy atom. The van der Waals surface area contributed by atoms with Crippen molar-refractivity contribution in [3.05, 3.63) is 41.9 Å². The van der Waals surface area contributed by atoms with E-state index < -0.39 is 11.9 Å².